The van der Waals surface area contributed by atoms with Crippen molar-refractivity contribution in [2.75, 3.05) is 13.2 Å². The molecule has 1 unspecified atom stereocenters. The molecule has 0 rings (SSSR count). The molecule has 0 bridgehead atoms. The average molecular weight is 314 g/mol. The zero-order valence-electron chi connectivity index (χ0n) is 11.9. The normalized spacial score (nSPS) is 13.3. The maximum Gasteiger partial charge on any atom is 0.306 e. The van der Waals surface area contributed by atoms with Crippen LogP contribution >= 0.6 is 24.0 Å². The molecule has 114 valence electrons. The second kappa shape index (κ2) is 12.7. The second-order valence-electron chi connectivity index (χ2n) is 4.34. The second-order valence-corrected chi connectivity index (χ2v) is 4.71. The topological polar surface area (TPSA) is 55.4 Å². The van der Waals surface area contributed by atoms with Crippen LogP contribution in [0.15, 0.2) is 0 Å². The summed E-state index contributed by atoms with van der Waals surface area (Å²) in [6.45, 7) is 6.79. The first kappa shape index (κ1) is 21.0. The monoisotopic (exact) mass is 313 g/mol. The van der Waals surface area contributed by atoms with E-state index in [0.717, 1.165) is 12.8 Å². The fourth-order valence-corrected chi connectivity index (χ4v) is 2.07. The summed E-state index contributed by atoms with van der Waals surface area (Å²) in [5.74, 6) is 0.0158. The molecule has 0 aromatic carbocycles. The van der Waals surface area contributed by atoms with Crippen molar-refractivity contribution in [2.45, 2.75) is 52.5 Å². The highest BCUT2D eigenvalue weighted by atomic mass is 35.5. The Morgan fingerprint density at radius 2 is 1.89 bits per heavy atom. The van der Waals surface area contributed by atoms with E-state index in [4.69, 9.17) is 16.3 Å². The molecule has 0 heterocycles. The van der Waals surface area contributed by atoms with Crippen molar-refractivity contribution in [3.8, 4) is 0 Å². The first-order valence-corrected chi connectivity index (χ1v) is 7.01. The Morgan fingerprint density at radius 3 is 2.32 bits per heavy atom. The third-order valence-electron chi connectivity index (χ3n) is 2.79. The molecule has 0 aliphatic carbocycles. The molecule has 1 N–H and O–H groups in total. The molecule has 0 saturated heterocycles. The number of rotatable bonds is 10. The highest BCUT2D eigenvalue weighted by Crippen LogP contribution is 2.12. The number of hydrogen-bond donors (Lipinski definition) is 1. The number of halogens is 2. The average Bonchev–Trinajstić information content (AvgIpc) is 2.29. The van der Waals surface area contributed by atoms with E-state index in [9.17, 15) is 9.59 Å². The molecular weight excluding hydrogens is 289 g/mol. The third-order valence-corrected chi connectivity index (χ3v) is 3.06. The van der Waals surface area contributed by atoms with Gasteiger partial charge in [0, 0.05) is 6.42 Å². The minimum Gasteiger partial charge on any atom is -0.466 e. The summed E-state index contributed by atoms with van der Waals surface area (Å²) in [5, 5.41) is 2.74. The molecule has 0 aromatic heterocycles. The van der Waals surface area contributed by atoms with Gasteiger partial charge in [0.2, 0.25) is 5.24 Å². The lowest BCUT2D eigenvalue weighted by atomic mass is 9.99. The largest absolute Gasteiger partial charge is 0.466 e. The van der Waals surface area contributed by atoms with Gasteiger partial charge in [-0.15, -0.1) is 12.4 Å². The fraction of sp³-hybridized carbons (Fsp3) is 0.846. The summed E-state index contributed by atoms with van der Waals surface area (Å²) in [4.78, 5) is 22.5. The first-order valence-electron chi connectivity index (χ1n) is 6.63. The molecule has 0 fully saturated rings. The maximum atomic E-state index is 11.4. The van der Waals surface area contributed by atoms with Crippen LogP contribution in [0.1, 0.15) is 46.5 Å². The minimum atomic E-state index is -0.371. The molecule has 0 aliphatic rings. The van der Waals surface area contributed by atoms with Crippen LogP contribution in [-0.2, 0) is 14.3 Å². The van der Waals surface area contributed by atoms with Crippen LogP contribution in [-0.4, -0.2) is 30.4 Å². The maximum absolute atomic E-state index is 11.4. The summed E-state index contributed by atoms with van der Waals surface area (Å²) < 4.78 is 4.94. The van der Waals surface area contributed by atoms with Gasteiger partial charge >= 0.3 is 5.97 Å². The number of nitrogens with one attached hydrogen (secondary N) is 1. The lowest BCUT2D eigenvalue weighted by Gasteiger charge is -2.19. The number of carbonyl (C=O) groups is 2. The summed E-state index contributed by atoms with van der Waals surface area (Å²) in [5.41, 5.74) is 0. The van der Waals surface area contributed by atoms with Gasteiger partial charge in [0.25, 0.3) is 0 Å². The highest BCUT2D eigenvalue weighted by molar-refractivity contribution is 6.64. The van der Waals surface area contributed by atoms with Crippen LogP contribution in [0.2, 0.25) is 0 Å². The highest BCUT2D eigenvalue weighted by Gasteiger charge is 2.18. The van der Waals surface area contributed by atoms with E-state index < -0.39 is 0 Å². The van der Waals surface area contributed by atoms with Crippen molar-refractivity contribution in [3.63, 3.8) is 0 Å². The third kappa shape index (κ3) is 10.2. The van der Waals surface area contributed by atoms with E-state index >= 15 is 0 Å². The number of hydrogen-bond acceptors (Lipinski definition) is 4. The molecule has 0 aliphatic heterocycles. The predicted molar refractivity (Wildman–Crippen MR) is 79.8 cm³/mol. The molecule has 0 spiro atoms. The van der Waals surface area contributed by atoms with Gasteiger partial charge in [0.15, 0.2) is 0 Å². The van der Waals surface area contributed by atoms with Crippen LogP contribution < -0.4 is 5.32 Å². The van der Waals surface area contributed by atoms with Gasteiger partial charge < -0.3 is 10.1 Å². The van der Waals surface area contributed by atoms with Gasteiger partial charge in [-0.05, 0) is 43.8 Å². The van der Waals surface area contributed by atoms with E-state index in [1.54, 1.807) is 6.92 Å². The van der Waals surface area contributed by atoms with Gasteiger partial charge in [-0.2, -0.15) is 0 Å². The van der Waals surface area contributed by atoms with Gasteiger partial charge in [-0.25, -0.2) is 0 Å². The van der Waals surface area contributed by atoms with Gasteiger partial charge in [0.05, 0.1) is 12.6 Å². The molecule has 2 atom stereocenters. The molecule has 0 radical (unpaired) electrons. The standard InChI is InChI=1S/C13H24ClNO3.ClH/c1-4-7-10(8-12(16)18-6-3)9-15-11(5-2)13(14)17;/h10-11,15H,4-9H2,1-3H3;1H/t10?,11-;/m0./s1. The van der Waals surface area contributed by atoms with E-state index in [-0.39, 0.29) is 35.6 Å². The number of carbonyl (C=O) groups excluding carboxylic acids is 2. The molecule has 6 heteroatoms. The summed E-state index contributed by atoms with van der Waals surface area (Å²) >= 11 is 5.47. The van der Waals surface area contributed by atoms with Crippen LogP contribution in [0.3, 0.4) is 0 Å². The Morgan fingerprint density at radius 1 is 1.26 bits per heavy atom. The molecule has 19 heavy (non-hydrogen) atoms. The van der Waals surface area contributed by atoms with E-state index in [2.05, 4.69) is 12.2 Å². The molecule has 0 saturated carbocycles. The lowest BCUT2D eigenvalue weighted by Crippen LogP contribution is -2.37. The SMILES string of the molecule is CCCC(CN[C@@H](CC)C(=O)Cl)CC(=O)OCC.Cl. The van der Waals surface area contributed by atoms with Crippen molar-refractivity contribution in [1.29, 1.82) is 0 Å². The summed E-state index contributed by atoms with van der Waals surface area (Å²) in [7, 11) is 0. The predicted octanol–water partition coefficient (Wildman–Crippen LogP) is 2.91. The summed E-state index contributed by atoms with van der Waals surface area (Å²) in [6.07, 6.45) is 2.97. The lowest BCUT2D eigenvalue weighted by molar-refractivity contribution is -0.144. The van der Waals surface area contributed by atoms with Crippen molar-refractivity contribution >= 4 is 35.2 Å². The zero-order valence-corrected chi connectivity index (χ0v) is 13.5. The Hall–Kier alpha value is -0.320. The molecule has 0 aromatic rings. The Balaban J connectivity index is 0. The Labute approximate surface area is 127 Å². The smallest absolute Gasteiger partial charge is 0.306 e. The van der Waals surface area contributed by atoms with Crippen LogP contribution in [0, 0.1) is 5.92 Å². The van der Waals surface area contributed by atoms with E-state index in [1.807, 2.05) is 6.92 Å². The fourth-order valence-electron chi connectivity index (χ4n) is 1.83. The van der Waals surface area contributed by atoms with Gasteiger partial charge in [-0.3, -0.25) is 9.59 Å². The van der Waals surface area contributed by atoms with Crippen molar-refractivity contribution in [3.05, 3.63) is 0 Å². The van der Waals surface area contributed by atoms with Crippen molar-refractivity contribution in [1.82, 2.24) is 5.32 Å². The Kier molecular flexibility index (Phi) is 14.0. The van der Waals surface area contributed by atoms with Crippen molar-refractivity contribution in [2.24, 2.45) is 5.92 Å². The van der Waals surface area contributed by atoms with Crippen LogP contribution in [0.25, 0.3) is 0 Å². The quantitative estimate of drug-likeness (QED) is 0.497. The van der Waals surface area contributed by atoms with Crippen LogP contribution in [0.4, 0.5) is 0 Å². The van der Waals surface area contributed by atoms with Gasteiger partial charge in [-0.1, -0.05) is 20.3 Å². The molecule has 0 amide bonds. The Bertz CT molecular complexity index is 262. The van der Waals surface area contributed by atoms with Crippen molar-refractivity contribution < 1.29 is 14.3 Å². The van der Waals surface area contributed by atoms with Crippen LogP contribution in [0.5, 0.6) is 0 Å². The summed E-state index contributed by atoms with van der Waals surface area (Å²) in [6, 6.07) is -0.326. The van der Waals surface area contributed by atoms with Gasteiger partial charge in [0.1, 0.15) is 0 Å². The minimum absolute atomic E-state index is 0. The van der Waals surface area contributed by atoms with E-state index in [1.165, 1.54) is 0 Å². The molecule has 4 nitrogen and oxygen atoms in total. The molecular formula is C13H25Cl2NO3. The zero-order chi connectivity index (χ0) is 14.0. The van der Waals surface area contributed by atoms with E-state index in [0.29, 0.717) is 26.0 Å². The number of esters is 1. The number of ether oxygens (including phenoxy) is 1. The first-order chi connectivity index (χ1) is 8.54.